The minimum atomic E-state index is -0.149. The molecule has 5 heteroatoms. The zero-order chi connectivity index (χ0) is 15.9. The van der Waals surface area contributed by atoms with Crippen LogP contribution in [0, 0.1) is 18.8 Å². The molecule has 1 aliphatic carbocycles. The van der Waals surface area contributed by atoms with E-state index >= 15 is 0 Å². The molecular weight excluding hydrogens is 280 g/mol. The van der Waals surface area contributed by atoms with E-state index in [4.69, 9.17) is 0 Å². The largest absolute Gasteiger partial charge is 0.507 e. The Hall–Kier alpha value is -2.04. The number of hydrogen-bond donors (Lipinski definition) is 2. The summed E-state index contributed by atoms with van der Waals surface area (Å²) in [6.07, 6.45) is 2.35. The minimum Gasteiger partial charge on any atom is -0.507 e. The number of para-hydroxylation sites is 1. The molecule has 2 aliphatic rings. The van der Waals surface area contributed by atoms with Gasteiger partial charge in [-0.1, -0.05) is 12.1 Å². The van der Waals surface area contributed by atoms with Crippen LogP contribution in [-0.4, -0.2) is 41.5 Å². The lowest BCUT2D eigenvalue weighted by atomic mass is 9.89. The molecule has 22 heavy (non-hydrogen) atoms. The van der Waals surface area contributed by atoms with E-state index in [2.05, 4.69) is 5.32 Å². The van der Waals surface area contributed by atoms with Crippen molar-refractivity contribution in [2.75, 3.05) is 13.6 Å². The Morgan fingerprint density at radius 2 is 2.05 bits per heavy atom. The number of aryl methyl sites for hydroxylation is 1. The standard InChI is InChI=1S/C17H22N2O3/c1-10-4-3-5-14(16(10)21)17(22)19(2)13-6-11-8-15(20)18-9-12(11)7-13/h3-5,11-13,21H,6-9H2,1-2H3,(H,18,20)/t11-,12+,13-/m0/s1. The van der Waals surface area contributed by atoms with E-state index in [-0.39, 0.29) is 23.6 Å². The van der Waals surface area contributed by atoms with Gasteiger partial charge in [-0.15, -0.1) is 0 Å². The first-order chi connectivity index (χ1) is 10.5. The van der Waals surface area contributed by atoms with Crippen LogP contribution >= 0.6 is 0 Å². The van der Waals surface area contributed by atoms with Crippen molar-refractivity contribution in [3.05, 3.63) is 29.3 Å². The fourth-order valence-corrected chi connectivity index (χ4v) is 3.74. The highest BCUT2D eigenvalue weighted by Gasteiger charge is 2.40. The van der Waals surface area contributed by atoms with Crippen molar-refractivity contribution in [3.8, 4) is 5.75 Å². The molecular formula is C17H22N2O3. The number of rotatable bonds is 2. The van der Waals surface area contributed by atoms with Crippen molar-refractivity contribution in [1.29, 1.82) is 0 Å². The van der Waals surface area contributed by atoms with E-state index in [1.54, 1.807) is 37.1 Å². The number of aromatic hydroxyl groups is 1. The van der Waals surface area contributed by atoms with Crippen LogP contribution in [0.25, 0.3) is 0 Å². The van der Waals surface area contributed by atoms with Gasteiger partial charge in [0.1, 0.15) is 5.75 Å². The number of nitrogens with zero attached hydrogens (tertiary/aromatic N) is 1. The topological polar surface area (TPSA) is 69.6 Å². The summed E-state index contributed by atoms with van der Waals surface area (Å²) in [5, 5.41) is 13.0. The summed E-state index contributed by atoms with van der Waals surface area (Å²) in [4.78, 5) is 25.9. The van der Waals surface area contributed by atoms with Gasteiger partial charge in [0.2, 0.25) is 5.91 Å². The van der Waals surface area contributed by atoms with E-state index in [0.717, 1.165) is 19.4 Å². The van der Waals surface area contributed by atoms with Crippen molar-refractivity contribution < 1.29 is 14.7 Å². The summed E-state index contributed by atoms with van der Waals surface area (Å²) in [5.74, 6) is 0.868. The lowest BCUT2D eigenvalue weighted by Crippen LogP contribution is -2.38. The third-order valence-electron chi connectivity index (χ3n) is 5.16. The molecule has 2 amide bonds. The predicted octanol–water partition coefficient (Wildman–Crippen LogP) is 1.69. The first kappa shape index (κ1) is 14.9. The number of hydrogen-bond acceptors (Lipinski definition) is 3. The number of amides is 2. The highest BCUT2D eigenvalue weighted by molar-refractivity contribution is 5.97. The third kappa shape index (κ3) is 2.56. The molecule has 0 radical (unpaired) electrons. The molecule has 2 fully saturated rings. The van der Waals surface area contributed by atoms with E-state index in [1.165, 1.54) is 0 Å². The van der Waals surface area contributed by atoms with E-state index < -0.39 is 0 Å². The van der Waals surface area contributed by atoms with Crippen molar-refractivity contribution in [1.82, 2.24) is 10.2 Å². The van der Waals surface area contributed by atoms with Gasteiger partial charge in [0.25, 0.3) is 5.91 Å². The first-order valence-corrected chi connectivity index (χ1v) is 7.79. The number of phenols is 1. The summed E-state index contributed by atoms with van der Waals surface area (Å²) in [7, 11) is 1.79. The zero-order valence-electron chi connectivity index (χ0n) is 13.0. The predicted molar refractivity (Wildman–Crippen MR) is 82.6 cm³/mol. The summed E-state index contributed by atoms with van der Waals surface area (Å²) in [6.45, 7) is 2.51. The molecule has 0 bridgehead atoms. The number of carbonyl (C=O) groups excluding carboxylic acids is 2. The van der Waals surface area contributed by atoms with Crippen molar-refractivity contribution >= 4 is 11.8 Å². The Balaban J connectivity index is 1.74. The molecule has 5 nitrogen and oxygen atoms in total. The second-order valence-corrected chi connectivity index (χ2v) is 6.54. The molecule has 1 aromatic carbocycles. The van der Waals surface area contributed by atoms with Gasteiger partial charge >= 0.3 is 0 Å². The van der Waals surface area contributed by atoms with Crippen LogP contribution in [0.15, 0.2) is 18.2 Å². The maximum Gasteiger partial charge on any atom is 0.257 e. The van der Waals surface area contributed by atoms with Crippen LogP contribution in [0.1, 0.15) is 35.2 Å². The molecule has 1 heterocycles. The number of benzene rings is 1. The Bertz CT molecular complexity index is 614. The lowest BCUT2D eigenvalue weighted by molar-refractivity contribution is -0.124. The number of piperidine rings is 1. The van der Waals surface area contributed by atoms with Gasteiger partial charge in [0, 0.05) is 26.1 Å². The van der Waals surface area contributed by atoms with Gasteiger partial charge in [-0.25, -0.2) is 0 Å². The smallest absolute Gasteiger partial charge is 0.257 e. The number of fused-ring (bicyclic) bond motifs is 1. The molecule has 1 saturated carbocycles. The SMILES string of the molecule is Cc1cccc(C(=O)N(C)[C@H]2C[C@H]3CC(=O)NC[C@H]3C2)c1O. The van der Waals surface area contributed by atoms with Gasteiger partial charge in [0.15, 0.2) is 0 Å². The van der Waals surface area contributed by atoms with E-state index in [0.29, 0.717) is 29.4 Å². The fourth-order valence-electron chi connectivity index (χ4n) is 3.74. The average molecular weight is 302 g/mol. The highest BCUT2D eigenvalue weighted by Crippen LogP contribution is 2.38. The Labute approximate surface area is 130 Å². The Morgan fingerprint density at radius 3 is 2.82 bits per heavy atom. The summed E-state index contributed by atoms with van der Waals surface area (Å²) >= 11 is 0. The number of carbonyl (C=O) groups is 2. The van der Waals surface area contributed by atoms with Gasteiger partial charge < -0.3 is 15.3 Å². The molecule has 1 aliphatic heterocycles. The van der Waals surface area contributed by atoms with E-state index in [9.17, 15) is 14.7 Å². The third-order valence-corrected chi connectivity index (χ3v) is 5.16. The van der Waals surface area contributed by atoms with Crippen LogP contribution in [-0.2, 0) is 4.79 Å². The van der Waals surface area contributed by atoms with Gasteiger partial charge in [-0.2, -0.15) is 0 Å². The average Bonchev–Trinajstić information content (AvgIpc) is 2.91. The van der Waals surface area contributed by atoms with Crippen LogP contribution < -0.4 is 5.32 Å². The van der Waals surface area contributed by atoms with Crippen LogP contribution in [0.4, 0.5) is 0 Å². The van der Waals surface area contributed by atoms with Gasteiger partial charge in [-0.3, -0.25) is 9.59 Å². The normalized spacial score (nSPS) is 27.2. The fraction of sp³-hybridized carbons (Fsp3) is 0.529. The molecule has 1 saturated heterocycles. The summed E-state index contributed by atoms with van der Waals surface area (Å²) in [6, 6.07) is 5.37. The van der Waals surface area contributed by atoms with E-state index in [1.807, 2.05) is 0 Å². The van der Waals surface area contributed by atoms with Crippen molar-refractivity contribution in [3.63, 3.8) is 0 Å². The molecule has 1 aromatic rings. The lowest BCUT2D eigenvalue weighted by Gasteiger charge is -2.25. The van der Waals surface area contributed by atoms with Crippen molar-refractivity contribution in [2.45, 2.75) is 32.2 Å². The Kier molecular flexibility index (Phi) is 3.81. The quantitative estimate of drug-likeness (QED) is 0.873. The Morgan fingerprint density at radius 1 is 1.32 bits per heavy atom. The minimum absolute atomic E-state index is 0.0617. The van der Waals surface area contributed by atoms with Crippen LogP contribution in [0.5, 0.6) is 5.75 Å². The molecule has 2 N–H and O–H groups in total. The number of nitrogens with one attached hydrogen (secondary N) is 1. The molecule has 0 aromatic heterocycles. The van der Waals surface area contributed by atoms with Gasteiger partial charge in [0.05, 0.1) is 5.56 Å². The zero-order valence-corrected chi connectivity index (χ0v) is 13.0. The molecule has 0 unspecified atom stereocenters. The number of phenolic OH excluding ortho intramolecular Hbond substituents is 1. The second kappa shape index (κ2) is 5.63. The van der Waals surface area contributed by atoms with Crippen LogP contribution in [0.2, 0.25) is 0 Å². The highest BCUT2D eigenvalue weighted by atomic mass is 16.3. The van der Waals surface area contributed by atoms with Gasteiger partial charge in [-0.05, 0) is 43.2 Å². The molecule has 0 spiro atoms. The second-order valence-electron chi connectivity index (χ2n) is 6.54. The first-order valence-electron chi connectivity index (χ1n) is 7.79. The molecule has 118 valence electrons. The summed E-state index contributed by atoms with van der Waals surface area (Å²) < 4.78 is 0. The molecule has 3 atom stereocenters. The summed E-state index contributed by atoms with van der Waals surface area (Å²) in [5.41, 5.74) is 1.06. The molecule has 3 rings (SSSR count). The monoisotopic (exact) mass is 302 g/mol. The van der Waals surface area contributed by atoms with Crippen LogP contribution in [0.3, 0.4) is 0 Å². The maximum absolute atomic E-state index is 12.7. The maximum atomic E-state index is 12.7. The van der Waals surface area contributed by atoms with Crippen molar-refractivity contribution in [2.24, 2.45) is 11.8 Å².